The molecule has 0 unspecified atom stereocenters. The zero-order chi connectivity index (χ0) is 9.90. The van der Waals surface area contributed by atoms with E-state index in [1.54, 1.807) is 0 Å². The van der Waals surface area contributed by atoms with Crippen molar-refractivity contribution in [2.75, 3.05) is 13.2 Å². The Labute approximate surface area is 77.2 Å². The van der Waals surface area contributed by atoms with E-state index in [1.807, 2.05) is 20.8 Å². The Balaban J connectivity index is 2.77. The van der Waals surface area contributed by atoms with Gasteiger partial charge in [-0.1, -0.05) is 25.9 Å². The third-order valence-corrected chi connectivity index (χ3v) is 1.53. The Morgan fingerprint density at radius 3 is 2.62 bits per heavy atom. The van der Waals surface area contributed by atoms with Crippen molar-refractivity contribution in [3.8, 4) is 5.88 Å². The highest BCUT2D eigenvalue weighted by Gasteiger charge is 2.24. The number of hydrogen-bond donors (Lipinski definition) is 1. The molecule has 1 aromatic rings. The van der Waals surface area contributed by atoms with Crippen LogP contribution in [0.4, 0.5) is 0 Å². The van der Waals surface area contributed by atoms with Gasteiger partial charge in [-0.15, -0.1) is 0 Å². The summed E-state index contributed by atoms with van der Waals surface area (Å²) in [5.74, 6) is 0.443. The van der Waals surface area contributed by atoms with Crippen LogP contribution in [0, 0.1) is 0 Å². The van der Waals surface area contributed by atoms with Crippen molar-refractivity contribution >= 4 is 0 Å². The molecule has 1 heterocycles. The molecule has 0 aromatic carbocycles. The van der Waals surface area contributed by atoms with Crippen LogP contribution in [0.5, 0.6) is 5.88 Å². The lowest BCUT2D eigenvalue weighted by molar-refractivity contribution is 0.260. The molecule has 0 bridgehead atoms. The summed E-state index contributed by atoms with van der Waals surface area (Å²) < 4.78 is 9.86. The first-order valence-corrected chi connectivity index (χ1v) is 4.21. The number of nitrogens with zero attached hydrogens (tertiary/aromatic N) is 2. The Hall–Kier alpha value is -1.10. The van der Waals surface area contributed by atoms with Crippen LogP contribution < -0.4 is 10.5 Å². The summed E-state index contributed by atoms with van der Waals surface area (Å²) in [6.45, 7) is 6.93. The summed E-state index contributed by atoms with van der Waals surface area (Å²) in [5.41, 5.74) is 5.90. The van der Waals surface area contributed by atoms with E-state index >= 15 is 0 Å². The second kappa shape index (κ2) is 3.74. The first kappa shape index (κ1) is 9.98. The molecule has 0 atom stereocenters. The molecule has 0 saturated carbocycles. The van der Waals surface area contributed by atoms with Crippen molar-refractivity contribution in [1.29, 1.82) is 0 Å². The van der Waals surface area contributed by atoms with Crippen LogP contribution in [-0.2, 0) is 5.41 Å². The van der Waals surface area contributed by atoms with E-state index in [-0.39, 0.29) is 5.41 Å². The minimum Gasteiger partial charge on any atom is -0.473 e. The maximum absolute atomic E-state index is 5.30. The van der Waals surface area contributed by atoms with Crippen molar-refractivity contribution < 1.29 is 9.37 Å². The number of ether oxygens (including phenoxy) is 1. The lowest BCUT2D eigenvalue weighted by Gasteiger charge is -2.14. The monoisotopic (exact) mass is 185 g/mol. The average molecular weight is 185 g/mol. The minimum atomic E-state index is -0.121. The topological polar surface area (TPSA) is 74.2 Å². The highest BCUT2D eigenvalue weighted by atomic mass is 16.6. The number of aromatic nitrogens is 2. The molecule has 5 heteroatoms. The summed E-state index contributed by atoms with van der Waals surface area (Å²) in [5, 5.41) is 7.44. The number of nitrogens with two attached hydrogens (primary N) is 1. The molecule has 0 spiro atoms. The van der Waals surface area contributed by atoms with Crippen LogP contribution in [0.2, 0.25) is 0 Å². The van der Waals surface area contributed by atoms with E-state index in [2.05, 4.69) is 14.9 Å². The fraction of sp³-hybridized carbons (Fsp3) is 0.750. The van der Waals surface area contributed by atoms with Crippen molar-refractivity contribution in [3.05, 3.63) is 5.69 Å². The molecular weight excluding hydrogens is 170 g/mol. The molecule has 13 heavy (non-hydrogen) atoms. The van der Waals surface area contributed by atoms with E-state index in [1.165, 1.54) is 0 Å². The standard InChI is InChI=1S/C8H15N3O2/c1-8(2,3)6-7(11-13-10-6)12-5-4-9/h4-5,9H2,1-3H3. The van der Waals surface area contributed by atoms with Crippen LogP contribution in [0.3, 0.4) is 0 Å². The maximum Gasteiger partial charge on any atom is 0.279 e. The van der Waals surface area contributed by atoms with Crippen molar-refractivity contribution in [3.63, 3.8) is 0 Å². The van der Waals surface area contributed by atoms with Gasteiger partial charge >= 0.3 is 0 Å². The summed E-state index contributed by atoms with van der Waals surface area (Å²) in [4.78, 5) is 0. The minimum absolute atomic E-state index is 0.121. The molecule has 0 saturated heterocycles. The molecule has 74 valence electrons. The fourth-order valence-electron chi connectivity index (χ4n) is 0.889. The fourth-order valence-corrected chi connectivity index (χ4v) is 0.889. The van der Waals surface area contributed by atoms with Gasteiger partial charge in [-0.3, -0.25) is 0 Å². The highest BCUT2D eigenvalue weighted by molar-refractivity contribution is 5.22. The summed E-state index contributed by atoms with van der Waals surface area (Å²) in [7, 11) is 0. The Morgan fingerprint density at radius 1 is 1.38 bits per heavy atom. The summed E-state index contributed by atoms with van der Waals surface area (Å²) in [6, 6.07) is 0. The van der Waals surface area contributed by atoms with Gasteiger partial charge in [0.15, 0.2) is 5.69 Å². The smallest absolute Gasteiger partial charge is 0.279 e. The van der Waals surface area contributed by atoms with Crippen LogP contribution in [-0.4, -0.2) is 23.5 Å². The summed E-state index contributed by atoms with van der Waals surface area (Å²) >= 11 is 0. The van der Waals surface area contributed by atoms with E-state index in [9.17, 15) is 0 Å². The van der Waals surface area contributed by atoms with Gasteiger partial charge in [-0.05, 0) is 5.16 Å². The summed E-state index contributed by atoms with van der Waals surface area (Å²) in [6.07, 6.45) is 0. The van der Waals surface area contributed by atoms with E-state index < -0.39 is 0 Å². The van der Waals surface area contributed by atoms with Gasteiger partial charge in [-0.2, -0.15) is 0 Å². The molecule has 0 aliphatic heterocycles. The first-order chi connectivity index (χ1) is 6.05. The van der Waals surface area contributed by atoms with Gasteiger partial charge in [0.05, 0.1) is 0 Å². The molecule has 0 fully saturated rings. The number of hydrogen-bond acceptors (Lipinski definition) is 5. The zero-order valence-electron chi connectivity index (χ0n) is 8.20. The molecule has 0 radical (unpaired) electrons. The lowest BCUT2D eigenvalue weighted by Crippen LogP contribution is -2.16. The predicted octanol–water partition coefficient (Wildman–Crippen LogP) is 0.705. The van der Waals surface area contributed by atoms with Gasteiger partial charge in [-0.25, -0.2) is 4.63 Å². The molecular formula is C8H15N3O2. The van der Waals surface area contributed by atoms with Gasteiger partial charge in [0.1, 0.15) is 6.61 Å². The van der Waals surface area contributed by atoms with Crippen molar-refractivity contribution in [2.24, 2.45) is 5.73 Å². The van der Waals surface area contributed by atoms with Gasteiger partial charge in [0, 0.05) is 12.0 Å². The third kappa shape index (κ3) is 2.42. The van der Waals surface area contributed by atoms with E-state index in [0.717, 1.165) is 5.69 Å². The zero-order valence-corrected chi connectivity index (χ0v) is 8.20. The molecule has 1 rings (SSSR count). The van der Waals surface area contributed by atoms with Gasteiger partial charge < -0.3 is 10.5 Å². The first-order valence-electron chi connectivity index (χ1n) is 4.21. The molecule has 0 amide bonds. The van der Waals surface area contributed by atoms with Crippen molar-refractivity contribution in [2.45, 2.75) is 26.2 Å². The third-order valence-electron chi connectivity index (χ3n) is 1.53. The number of rotatable bonds is 3. The normalized spacial score (nSPS) is 11.7. The predicted molar refractivity (Wildman–Crippen MR) is 47.5 cm³/mol. The molecule has 0 aliphatic rings. The molecule has 5 nitrogen and oxygen atoms in total. The quantitative estimate of drug-likeness (QED) is 0.750. The maximum atomic E-state index is 5.30. The average Bonchev–Trinajstić information content (AvgIpc) is 2.47. The Bertz CT molecular complexity index is 265. The molecule has 1 aromatic heterocycles. The van der Waals surface area contributed by atoms with Crippen molar-refractivity contribution in [1.82, 2.24) is 10.3 Å². The second-order valence-corrected chi connectivity index (χ2v) is 3.81. The van der Waals surface area contributed by atoms with E-state index in [4.69, 9.17) is 10.5 Å². The molecule has 0 aliphatic carbocycles. The second-order valence-electron chi connectivity index (χ2n) is 3.81. The van der Waals surface area contributed by atoms with Crippen LogP contribution in [0.1, 0.15) is 26.5 Å². The Kier molecular flexibility index (Phi) is 2.87. The van der Waals surface area contributed by atoms with Crippen LogP contribution in [0.15, 0.2) is 4.63 Å². The Morgan fingerprint density at radius 2 is 2.08 bits per heavy atom. The lowest BCUT2D eigenvalue weighted by atomic mass is 9.93. The van der Waals surface area contributed by atoms with Crippen LogP contribution in [0.25, 0.3) is 0 Å². The van der Waals surface area contributed by atoms with E-state index in [0.29, 0.717) is 19.0 Å². The largest absolute Gasteiger partial charge is 0.473 e. The highest BCUT2D eigenvalue weighted by Crippen LogP contribution is 2.27. The SMILES string of the molecule is CC(C)(C)c1nonc1OCCN. The van der Waals surface area contributed by atoms with Crippen LogP contribution >= 0.6 is 0 Å². The van der Waals surface area contributed by atoms with Gasteiger partial charge in [0.25, 0.3) is 5.88 Å². The van der Waals surface area contributed by atoms with Gasteiger partial charge in [0.2, 0.25) is 0 Å². The molecule has 2 N–H and O–H groups in total.